The zero-order valence-corrected chi connectivity index (χ0v) is 17.6. The summed E-state index contributed by atoms with van der Waals surface area (Å²) in [5, 5.41) is 0.479. The second-order valence-electron chi connectivity index (χ2n) is 7.27. The van der Waals surface area contributed by atoms with Gasteiger partial charge in [-0.1, -0.05) is 54.1 Å². The zero-order valence-electron chi connectivity index (χ0n) is 16.9. The van der Waals surface area contributed by atoms with Crippen LogP contribution in [0, 0.1) is 0 Å². The third kappa shape index (κ3) is 4.31. The van der Waals surface area contributed by atoms with Gasteiger partial charge >= 0.3 is 5.97 Å². The van der Waals surface area contributed by atoms with Gasteiger partial charge in [-0.15, -0.1) is 0 Å². The molecule has 0 fully saturated rings. The fourth-order valence-electron chi connectivity index (χ4n) is 3.56. The van der Waals surface area contributed by atoms with Crippen LogP contribution < -0.4 is 0 Å². The zero-order chi connectivity index (χ0) is 22.7. The fourth-order valence-corrected chi connectivity index (χ4v) is 3.69. The first-order valence-electron chi connectivity index (χ1n) is 9.92. The highest BCUT2D eigenvalue weighted by molar-refractivity contribution is 6.30. The van der Waals surface area contributed by atoms with Crippen molar-refractivity contribution in [3.63, 3.8) is 0 Å². The first kappa shape index (κ1) is 21.5. The number of Topliss-reactive ketones (excluding diaryl/α,β-unsaturated/α-hetero) is 1. The molecule has 0 aliphatic carbocycles. The maximum atomic E-state index is 13.0. The number of imide groups is 1. The van der Waals surface area contributed by atoms with Crippen molar-refractivity contribution in [3.8, 4) is 0 Å². The maximum Gasteiger partial charge on any atom is 0.330 e. The molecule has 1 aliphatic rings. The van der Waals surface area contributed by atoms with E-state index >= 15 is 0 Å². The molecule has 3 aromatic carbocycles. The Kier molecular flexibility index (Phi) is 6.14. The highest BCUT2D eigenvalue weighted by Gasteiger charge is 2.43. The Morgan fingerprint density at radius 1 is 0.812 bits per heavy atom. The smallest absolute Gasteiger partial charge is 0.330 e. The Morgan fingerprint density at radius 2 is 1.38 bits per heavy atom. The van der Waals surface area contributed by atoms with Crippen molar-refractivity contribution in [2.75, 3.05) is 6.61 Å². The van der Waals surface area contributed by atoms with Crippen LogP contribution in [0.25, 0.3) is 0 Å². The monoisotopic (exact) mass is 447 g/mol. The lowest BCUT2D eigenvalue weighted by molar-refractivity contribution is -0.147. The van der Waals surface area contributed by atoms with Crippen molar-refractivity contribution < 1.29 is 23.9 Å². The number of ether oxygens (including phenoxy) is 1. The lowest BCUT2D eigenvalue weighted by atomic mass is 10.0. The number of carbonyl (C=O) groups excluding carboxylic acids is 4. The van der Waals surface area contributed by atoms with E-state index in [1.807, 2.05) is 6.07 Å². The van der Waals surface area contributed by atoms with Gasteiger partial charge in [0.1, 0.15) is 6.04 Å². The number of fused-ring (bicyclic) bond motifs is 1. The molecule has 32 heavy (non-hydrogen) atoms. The molecule has 4 rings (SSSR count). The molecule has 1 heterocycles. The molecule has 0 saturated carbocycles. The van der Waals surface area contributed by atoms with Crippen LogP contribution in [0.3, 0.4) is 0 Å². The summed E-state index contributed by atoms with van der Waals surface area (Å²) >= 11 is 5.83. The Balaban J connectivity index is 1.56. The summed E-state index contributed by atoms with van der Waals surface area (Å²) in [6.07, 6.45) is 0.0697. The van der Waals surface area contributed by atoms with E-state index < -0.39 is 36.2 Å². The number of hydrogen-bond acceptors (Lipinski definition) is 5. The average Bonchev–Trinajstić information content (AvgIpc) is 3.07. The molecule has 0 aromatic heterocycles. The first-order valence-corrected chi connectivity index (χ1v) is 10.3. The number of halogens is 1. The number of amides is 2. The predicted molar refractivity (Wildman–Crippen MR) is 118 cm³/mol. The highest BCUT2D eigenvalue weighted by Crippen LogP contribution is 2.26. The Morgan fingerprint density at radius 3 is 1.97 bits per heavy atom. The third-order valence-corrected chi connectivity index (χ3v) is 5.44. The second kappa shape index (κ2) is 9.16. The van der Waals surface area contributed by atoms with E-state index in [4.69, 9.17) is 16.3 Å². The minimum Gasteiger partial charge on any atom is -0.456 e. The van der Waals surface area contributed by atoms with Crippen LogP contribution in [0.4, 0.5) is 0 Å². The molecule has 3 aromatic rings. The Hall–Kier alpha value is -3.77. The molecular weight excluding hydrogens is 430 g/mol. The minimum atomic E-state index is -1.21. The van der Waals surface area contributed by atoms with E-state index in [1.165, 1.54) is 12.1 Å². The summed E-state index contributed by atoms with van der Waals surface area (Å²) in [6.45, 7) is -0.519. The highest BCUT2D eigenvalue weighted by atomic mass is 35.5. The number of carbonyl (C=O) groups is 4. The van der Waals surface area contributed by atoms with Crippen molar-refractivity contribution in [2.24, 2.45) is 0 Å². The molecule has 6 nitrogen and oxygen atoms in total. The summed E-state index contributed by atoms with van der Waals surface area (Å²) in [4.78, 5) is 52.3. The quantitative estimate of drug-likeness (QED) is 0.311. The van der Waals surface area contributed by atoms with E-state index in [9.17, 15) is 19.2 Å². The second-order valence-corrected chi connectivity index (χ2v) is 7.71. The van der Waals surface area contributed by atoms with Crippen LogP contribution in [-0.2, 0) is 16.0 Å². The van der Waals surface area contributed by atoms with Crippen LogP contribution in [-0.4, -0.2) is 41.1 Å². The van der Waals surface area contributed by atoms with Crippen molar-refractivity contribution >= 4 is 35.2 Å². The van der Waals surface area contributed by atoms with Gasteiger partial charge in [0, 0.05) is 17.0 Å². The van der Waals surface area contributed by atoms with Crippen LogP contribution in [0.2, 0.25) is 5.02 Å². The summed E-state index contributed by atoms with van der Waals surface area (Å²) < 4.78 is 5.26. The maximum absolute atomic E-state index is 13.0. The average molecular weight is 448 g/mol. The molecule has 1 atom stereocenters. The number of hydrogen-bond donors (Lipinski definition) is 0. The van der Waals surface area contributed by atoms with Gasteiger partial charge in [0.25, 0.3) is 11.8 Å². The number of benzene rings is 3. The standard InChI is InChI=1S/C25H18ClNO5/c26-18-12-10-17(11-13-18)22(28)15-32-25(31)21(14-16-6-2-1-3-7-16)27-23(29)19-8-4-5-9-20(19)24(27)30/h1-13,21H,14-15H2/t21-/m0/s1. The number of ketones is 1. The van der Waals surface area contributed by atoms with Gasteiger partial charge in [-0.25, -0.2) is 4.79 Å². The molecule has 0 bridgehead atoms. The van der Waals surface area contributed by atoms with E-state index in [2.05, 4.69) is 0 Å². The molecule has 0 spiro atoms. The normalized spacial score (nSPS) is 13.6. The van der Waals surface area contributed by atoms with E-state index in [0.29, 0.717) is 10.6 Å². The fraction of sp³-hybridized carbons (Fsp3) is 0.120. The molecular formula is C25H18ClNO5. The van der Waals surface area contributed by atoms with Crippen LogP contribution in [0.15, 0.2) is 78.9 Å². The predicted octanol–water partition coefficient (Wildman–Crippen LogP) is 3.97. The SMILES string of the molecule is O=C(COC(=O)[C@H](Cc1ccccc1)N1C(=O)c2ccccc2C1=O)c1ccc(Cl)cc1. The van der Waals surface area contributed by atoms with Crippen LogP contribution in [0.5, 0.6) is 0 Å². The third-order valence-electron chi connectivity index (χ3n) is 5.19. The summed E-state index contributed by atoms with van der Waals surface area (Å²) in [5.74, 6) is -2.37. The van der Waals surface area contributed by atoms with Gasteiger partial charge in [-0.05, 0) is 42.0 Å². The van der Waals surface area contributed by atoms with Crippen molar-refractivity contribution in [1.29, 1.82) is 0 Å². The molecule has 7 heteroatoms. The van der Waals surface area contributed by atoms with Gasteiger partial charge in [-0.3, -0.25) is 19.3 Å². The van der Waals surface area contributed by atoms with Crippen molar-refractivity contribution in [2.45, 2.75) is 12.5 Å². The van der Waals surface area contributed by atoms with Gasteiger partial charge in [-0.2, -0.15) is 0 Å². The van der Waals surface area contributed by atoms with Crippen LogP contribution >= 0.6 is 11.6 Å². The largest absolute Gasteiger partial charge is 0.456 e. The van der Waals surface area contributed by atoms with Gasteiger partial charge in [0.15, 0.2) is 12.4 Å². The molecule has 0 N–H and O–H groups in total. The number of esters is 1. The first-order chi connectivity index (χ1) is 15.5. The Bertz CT molecular complexity index is 1160. The van der Waals surface area contributed by atoms with Crippen molar-refractivity contribution in [3.05, 3.63) is 106 Å². The van der Waals surface area contributed by atoms with E-state index in [1.54, 1.807) is 60.7 Å². The van der Waals surface area contributed by atoms with Crippen molar-refractivity contribution in [1.82, 2.24) is 4.90 Å². The minimum absolute atomic E-state index is 0.0697. The van der Waals surface area contributed by atoms with Gasteiger partial charge in [0.05, 0.1) is 11.1 Å². The van der Waals surface area contributed by atoms with Crippen LogP contribution in [0.1, 0.15) is 36.6 Å². The molecule has 1 aliphatic heterocycles. The molecule has 0 radical (unpaired) electrons. The topological polar surface area (TPSA) is 80.8 Å². The molecule has 0 unspecified atom stereocenters. The Labute approximate surface area is 189 Å². The van der Waals surface area contributed by atoms with Gasteiger partial charge < -0.3 is 4.74 Å². The number of rotatable bonds is 7. The van der Waals surface area contributed by atoms with E-state index in [-0.39, 0.29) is 17.5 Å². The summed E-state index contributed by atoms with van der Waals surface area (Å²) in [5.41, 5.74) is 1.55. The lowest BCUT2D eigenvalue weighted by Crippen LogP contribution is -2.47. The molecule has 0 saturated heterocycles. The van der Waals surface area contributed by atoms with E-state index in [0.717, 1.165) is 10.5 Å². The lowest BCUT2D eigenvalue weighted by Gasteiger charge is -2.24. The molecule has 160 valence electrons. The van der Waals surface area contributed by atoms with Gasteiger partial charge in [0.2, 0.25) is 0 Å². The summed E-state index contributed by atoms with van der Waals surface area (Å²) in [7, 11) is 0. The molecule has 2 amide bonds. The summed E-state index contributed by atoms with van der Waals surface area (Å²) in [6, 6.07) is 20.4. The number of nitrogens with zero attached hydrogens (tertiary/aromatic N) is 1.